The molecule has 2 aromatic carbocycles. The van der Waals surface area contributed by atoms with Crippen molar-refractivity contribution in [2.75, 3.05) is 24.0 Å². The highest BCUT2D eigenvalue weighted by Crippen LogP contribution is 2.28. The van der Waals surface area contributed by atoms with Crippen LogP contribution in [0.2, 0.25) is 5.02 Å². The molecule has 0 saturated carbocycles. The van der Waals surface area contributed by atoms with Crippen LogP contribution in [-0.4, -0.2) is 36.8 Å². The van der Waals surface area contributed by atoms with Crippen LogP contribution in [0, 0.1) is 0 Å². The van der Waals surface area contributed by atoms with Crippen LogP contribution in [0.3, 0.4) is 0 Å². The van der Waals surface area contributed by atoms with Crippen molar-refractivity contribution in [2.24, 2.45) is 5.10 Å². The zero-order valence-corrected chi connectivity index (χ0v) is 15.9. The normalized spacial score (nSPS) is 15.3. The number of amides is 1. The predicted molar refractivity (Wildman–Crippen MR) is 108 cm³/mol. The highest BCUT2D eigenvalue weighted by atomic mass is 35.5. The molecule has 2 aromatic rings. The third-order valence-corrected chi connectivity index (χ3v) is 4.55. The predicted octanol–water partition coefficient (Wildman–Crippen LogP) is 3.91. The summed E-state index contributed by atoms with van der Waals surface area (Å²) in [6.45, 7) is 1.75. The first kappa shape index (κ1) is 18.7. The second-order valence-electron chi connectivity index (χ2n) is 6.31. The number of aromatic carboxylic acids is 1. The first-order chi connectivity index (χ1) is 12.8. The Hall–Kier alpha value is -3.12. The van der Waals surface area contributed by atoms with E-state index in [0.29, 0.717) is 22.0 Å². The maximum atomic E-state index is 12.8. The summed E-state index contributed by atoms with van der Waals surface area (Å²) in [5.41, 5.74) is 3.34. The van der Waals surface area contributed by atoms with Crippen LogP contribution in [-0.2, 0) is 4.79 Å². The van der Waals surface area contributed by atoms with Gasteiger partial charge < -0.3 is 10.0 Å². The summed E-state index contributed by atoms with van der Waals surface area (Å²) in [5, 5.41) is 15.1. The maximum Gasteiger partial charge on any atom is 0.335 e. The molecule has 1 heterocycles. The minimum Gasteiger partial charge on any atom is -0.478 e. The monoisotopic (exact) mass is 383 g/mol. The SMILES string of the molecule is CC1=NN(c2ccc(C(=O)O)cc2)C(=O)C1=Cc1ccc(N(C)C)cc1Cl. The second-order valence-corrected chi connectivity index (χ2v) is 6.72. The third-order valence-electron chi connectivity index (χ3n) is 4.22. The largest absolute Gasteiger partial charge is 0.478 e. The fourth-order valence-corrected chi connectivity index (χ4v) is 2.90. The van der Waals surface area contributed by atoms with Crippen LogP contribution in [0.15, 0.2) is 53.1 Å². The Labute approximate surface area is 162 Å². The number of rotatable bonds is 4. The van der Waals surface area contributed by atoms with Crippen molar-refractivity contribution in [1.82, 2.24) is 0 Å². The molecule has 0 aliphatic carbocycles. The summed E-state index contributed by atoms with van der Waals surface area (Å²) >= 11 is 6.36. The van der Waals surface area contributed by atoms with Gasteiger partial charge in [0.25, 0.3) is 5.91 Å². The molecular formula is C20H18ClN3O3. The van der Waals surface area contributed by atoms with Crippen LogP contribution in [0.1, 0.15) is 22.8 Å². The van der Waals surface area contributed by atoms with Gasteiger partial charge in [-0.2, -0.15) is 10.1 Å². The fourth-order valence-electron chi connectivity index (χ4n) is 2.67. The van der Waals surface area contributed by atoms with Gasteiger partial charge in [-0.15, -0.1) is 0 Å². The highest BCUT2D eigenvalue weighted by Gasteiger charge is 2.29. The summed E-state index contributed by atoms with van der Waals surface area (Å²) in [5.74, 6) is -1.31. The van der Waals surface area contributed by atoms with Gasteiger partial charge in [-0.1, -0.05) is 17.7 Å². The summed E-state index contributed by atoms with van der Waals surface area (Å²) in [6.07, 6.45) is 1.72. The number of hydrogen-bond donors (Lipinski definition) is 1. The lowest BCUT2D eigenvalue weighted by atomic mass is 10.1. The number of hydrogen-bond acceptors (Lipinski definition) is 4. The molecule has 0 spiro atoms. The van der Waals surface area contributed by atoms with E-state index >= 15 is 0 Å². The van der Waals surface area contributed by atoms with Crippen molar-refractivity contribution in [1.29, 1.82) is 0 Å². The number of hydrazone groups is 1. The number of carboxylic acid groups (broad SMARTS) is 1. The summed E-state index contributed by atoms with van der Waals surface area (Å²) in [7, 11) is 3.85. The lowest BCUT2D eigenvalue weighted by Crippen LogP contribution is -2.21. The zero-order valence-electron chi connectivity index (χ0n) is 15.1. The molecule has 1 aliphatic heterocycles. The van der Waals surface area contributed by atoms with Gasteiger partial charge in [0, 0.05) is 24.8 Å². The molecule has 1 N–H and O–H groups in total. The van der Waals surface area contributed by atoms with E-state index in [4.69, 9.17) is 16.7 Å². The zero-order chi connectivity index (χ0) is 19.7. The molecule has 138 valence electrons. The maximum absolute atomic E-state index is 12.8. The van der Waals surface area contributed by atoms with Crippen molar-refractivity contribution < 1.29 is 14.7 Å². The minimum absolute atomic E-state index is 0.148. The quantitative estimate of drug-likeness (QED) is 0.812. The average molecular weight is 384 g/mol. The second kappa shape index (κ2) is 7.25. The van der Waals surface area contributed by atoms with Crippen LogP contribution in [0.25, 0.3) is 6.08 Å². The molecule has 3 rings (SSSR count). The van der Waals surface area contributed by atoms with E-state index in [9.17, 15) is 9.59 Å². The molecule has 7 heteroatoms. The fraction of sp³-hybridized carbons (Fsp3) is 0.150. The van der Waals surface area contributed by atoms with Gasteiger partial charge in [-0.05, 0) is 55.0 Å². The van der Waals surface area contributed by atoms with E-state index < -0.39 is 5.97 Å². The van der Waals surface area contributed by atoms with Crippen LogP contribution in [0.5, 0.6) is 0 Å². The molecule has 0 atom stereocenters. The first-order valence-electron chi connectivity index (χ1n) is 8.20. The number of carbonyl (C=O) groups is 2. The van der Waals surface area contributed by atoms with Gasteiger partial charge in [-0.3, -0.25) is 4.79 Å². The van der Waals surface area contributed by atoms with Crippen molar-refractivity contribution in [3.8, 4) is 0 Å². The van der Waals surface area contributed by atoms with E-state index in [1.807, 2.05) is 37.2 Å². The molecule has 0 saturated heterocycles. The van der Waals surface area contributed by atoms with Crippen molar-refractivity contribution in [3.05, 3.63) is 64.2 Å². The number of benzene rings is 2. The smallest absolute Gasteiger partial charge is 0.335 e. The van der Waals surface area contributed by atoms with Gasteiger partial charge in [0.15, 0.2) is 0 Å². The standard InChI is InChI=1S/C20H18ClN3O3/c1-12-17(10-14-6-9-16(23(2)3)11-18(14)21)19(25)24(22-12)15-7-4-13(5-8-15)20(26)27/h4-11H,1-3H3,(H,26,27). The third kappa shape index (κ3) is 3.71. The Morgan fingerprint density at radius 1 is 1.19 bits per heavy atom. The van der Waals surface area contributed by atoms with Crippen molar-refractivity contribution >= 4 is 46.6 Å². The summed E-state index contributed by atoms with van der Waals surface area (Å²) < 4.78 is 0. The molecule has 1 aliphatic rings. The van der Waals surface area contributed by atoms with Crippen LogP contribution in [0.4, 0.5) is 11.4 Å². The Morgan fingerprint density at radius 3 is 2.41 bits per heavy atom. The molecule has 0 radical (unpaired) electrons. The van der Waals surface area contributed by atoms with E-state index in [1.165, 1.54) is 17.1 Å². The van der Waals surface area contributed by atoms with Crippen molar-refractivity contribution in [2.45, 2.75) is 6.92 Å². The topological polar surface area (TPSA) is 73.2 Å². The van der Waals surface area contributed by atoms with Crippen LogP contribution < -0.4 is 9.91 Å². The average Bonchev–Trinajstić information content (AvgIpc) is 2.91. The number of nitrogens with zero attached hydrogens (tertiary/aromatic N) is 3. The van der Waals surface area contributed by atoms with Crippen LogP contribution >= 0.6 is 11.6 Å². The molecule has 0 bridgehead atoms. The van der Waals surface area contributed by atoms with Gasteiger partial charge in [-0.25, -0.2) is 4.79 Å². The van der Waals surface area contributed by atoms with E-state index in [2.05, 4.69) is 5.10 Å². The molecular weight excluding hydrogens is 366 g/mol. The number of carbonyl (C=O) groups excluding carboxylic acids is 1. The lowest BCUT2D eigenvalue weighted by molar-refractivity contribution is -0.114. The first-order valence-corrected chi connectivity index (χ1v) is 8.57. The molecule has 6 nitrogen and oxygen atoms in total. The molecule has 1 amide bonds. The van der Waals surface area contributed by atoms with Gasteiger partial charge >= 0.3 is 5.97 Å². The van der Waals surface area contributed by atoms with E-state index in [-0.39, 0.29) is 11.5 Å². The van der Waals surface area contributed by atoms with E-state index in [1.54, 1.807) is 25.1 Å². The Kier molecular flexibility index (Phi) is 5.01. The highest BCUT2D eigenvalue weighted by molar-refractivity contribution is 6.35. The van der Waals surface area contributed by atoms with Crippen molar-refractivity contribution in [3.63, 3.8) is 0 Å². The van der Waals surface area contributed by atoms with Gasteiger partial charge in [0.1, 0.15) is 0 Å². The molecule has 0 fully saturated rings. The number of anilines is 2. The number of carboxylic acids is 1. The molecule has 27 heavy (non-hydrogen) atoms. The van der Waals surface area contributed by atoms with Gasteiger partial charge in [0.2, 0.25) is 0 Å². The molecule has 0 aromatic heterocycles. The van der Waals surface area contributed by atoms with Gasteiger partial charge in [0.05, 0.1) is 22.5 Å². The Morgan fingerprint density at radius 2 is 1.85 bits per heavy atom. The Bertz CT molecular complexity index is 978. The summed E-state index contributed by atoms with van der Waals surface area (Å²) in [4.78, 5) is 25.7. The summed E-state index contributed by atoms with van der Waals surface area (Å²) in [6, 6.07) is 11.6. The number of halogens is 1. The minimum atomic E-state index is -1.02. The molecule has 0 unspecified atom stereocenters. The Balaban J connectivity index is 1.91. The van der Waals surface area contributed by atoms with E-state index in [0.717, 1.165) is 11.3 Å². The lowest BCUT2D eigenvalue weighted by Gasteiger charge is -2.14.